The average molecular weight is 370 g/mol. The molecule has 1 saturated heterocycles. The SMILES string of the molecule is CCc1nc2cc(N3CCCC(C(=O)NCC(C)C)C3)cnc2nc1CC. The summed E-state index contributed by atoms with van der Waals surface area (Å²) in [5, 5.41) is 3.08. The van der Waals surface area contributed by atoms with E-state index in [1.54, 1.807) is 0 Å². The van der Waals surface area contributed by atoms with Crippen LogP contribution in [0.3, 0.4) is 0 Å². The first-order valence-corrected chi connectivity index (χ1v) is 10.2. The molecular formula is C21H31N5O. The van der Waals surface area contributed by atoms with E-state index in [-0.39, 0.29) is 11.8 Å². The van der Waals surface area contributed by atoms with Crippen LogP contribution in [0.1, 0.15) is 51.9 Å². The second kappa shape index (κ2) is 8.63. The molecule has 0 aliphatic carbocycles. The van der Waals surface area contributed by atoms with Gasteiger partial charge in [-0.2, -0.15) is 0 Å². The summed E-state index contributed by atoms with van der Waals surface area (Å²) in [4.78, 5) is 28.8. The quantitative estimate of drug-likeness (QED) is 0.847. The van der Waals surface area contributed by atoms with Crippen LogP contribution in [0.4, 0.5) is 5.69 Å². The fraction of sp³-hybridized carbons (Fsp3) is 0.619. The minimum atomic E-state index is 0.0351. The highest BCUT2D eigenvalue weighted by atomic mass is 16.1. The first kappa shape index (κ1) is 19.5. The number of piperidine rings is 1. The second-order valence-corrected chi connectivity index (χ2v) is 7.78. The van der Waals surface area contributed by atoms with E-state index in [1.165, 1.54) is 0 Å². The van der Waals surface area contributed by atoms with Gasteiger partial charge in [-0.05, 0) is 37.7 Å². The maximum atomic E-state index is 12.5. The Morgan fingerprint density at radius 1 is 1.26 bits per heavy atom. The highest BCUT2D eigenvalue weighted by Gasteiger charge is 2.26. The monoisotopic (exact) mass is 369 g/mol. The Hall–Kier alpha value is -2.24. The number of carbonyl (C=O) groups excluding carboxylic acids is 1. The number of hydrogen-bond donors (Lipinski definition) is 1. The third-order valence-corrected chi connectivity index (χ3v) is 5.17. The van der Waals surface area contributed by atoms with Crippen LogP contribution < -0.4 is 10.2 Å². The van der Waals surface area contributed by atoms with Crippen molar-refractivity contribution >= 4 is 22.8 Å². The van der Waals surface area contributed by atoms with Gasteiger partial charge in [-0.25, -0.2) is 15.0 Å². The Kier molecular flexibility index (Phi) is 6.24. The number of rotatable bonds is 6. The molecule has 1 fully saturated rings. The van der Waals surface area contributed by atoms with E-state index in [1.807, 2.05) is 6.20 Å². The van der Waals surface area contributed by atoms with Crippen LogP contribution in [-0.2, 0) is 17.6 Å². The van der Waals surface area contributed by atoms with Gasteiger partial charge >= 0.3 is 0 Å². The number of pyridine rings is 1. The van der Waals surface area contributed by atoms with E-state index >= 15 is 0 Å². The molecule has 146 valence electrons. The summed E-state index contributed by atoms with van der Waals surface area (Å²) in [5.41, 5.74) is 4.66. The topological polar surface area (TPSA) is 71.0 Å². The molecule has 0 aromatic carbocycles. The molecule has 1 atom stereocenters. The maximum Gasteiger partial charge on any atom is 0.224 e. The first-order valence-electron chi connectivity index (χ1n) is 10.2. The molecule has 1 aliphatic heterocycles. The molecule has 2 aromatic rings. The molecule has 1 unspecified atom stereocenters. The zero-order valence-electron chi connectivity index (χ0n) is 17.0. The van der Waals surface area contributed by atoms with Crippen molar-refractivity contribution in [1.82, 2.24) is 20.3 Å². The second-order valence-electron chi connectivity index (χ2n) is 7.78. The van der Waals surface area contributed by atoms with Gasteiger partial charge in [-0.3, -0.25) is 4.79 Å². The van der Waals surface area contributed by atoms with Gasteiger partial charge in [-0.15, -0.1) is 0 Å². The summed E-state index contributed by atoms with van der Waals surface area (Å²) in [7, 11) is 0. The third-order valence-electron chi connectivity index (χ3n) is 5.17. The van der Waals surface area contributed by atoms with E-state index in [0.717, 1.165) is 67.9 Å². The lowest BCUT2D eigenvalue weighted by Crippen LogP contribution is -2.43. The fourth-order valence-corrected chi connectivity index (χ4v) is 3.62. The van der Waals surface area contributed by atoms with Gasteiger partial charge in [0.1, 0.15) is 5.52 Å². The lowest BCUT2D eigenvalue weighted by Gasteiger charge is -2.33. The summed E-state index contributed by atoms with van der Waals surface area (Å²) < 4.78 is 0. The van der Waals surface area contributed by atoms with Gasteiger partial charge in [-0.1, -0.05) is 27.7 Å². The Bertz CT molecular complexity index is 805. The van der Waals surface area contributed by atoms with Crippen LogP contribution in [0.5, 0.6) is 0 Å². The first-order chi connectivity index (χ1) is 13.0. The van der Waals surface area contributed by atoms with Crippen LogP contribution in [0, 0.1) is 11.8 Å². The molecule has 2 aromatic heterocycles. The van der Waals surface area contributed by atoms with Gasteiger partial charge in [0.05, 0.1) is 29.2 Å². The van der Waals surface area contributed by atoms with Crippen molar-refractivity contribution in [1.29, 1.82) is 0 Å². The molecule has 6 heteroatoms. The third kappa shape index (κ3) is 4.54. The van der Waals surface area contributed by atoms with E-state index in [9.17, 15) is 4.79 Å². The predicted octanol–water partition coefficient (Wildman–Crippen LogP) is 3.14. The van der Waals surface area contributed by atoms with Crippen LogP contribution in [0.2, 0.25) is 0 Å². The van der Waals surface area contributed by atoms with Gasteiger partial charge in [0.25, 0.3) is 0 Å². The molecule has 1 aliphatic rings. The normalized spacial score (nSPS) is 17.5. The van der Waals surface area contributed by atoms with E-state index < -0.39 is 0 Å². The zero-order chi connectivity index (χ0) is 19.4. The number of amides is 1. The standard InChI is InChI=1S/C21H31N5O/c1-5-17-18(6-2)25-20-19(24-17)10-16(12-22-20)26-9-7-8-15(13-26)21(27)23-11-14(3)4/h10,12,14-15H,5-9,11,13H2,1-4H3,(H,23,27). The Morgan fingerprint density at radius 2 is 2.00 bits per heavy atom. The van der Waals surface area contributed by atoms with Crippen molar-refractivity contribution in [3.05, 3.63) is 23.7 Å². The van der Waals surface area contributed by atoms with E-state index in [0.29, 0.717) is 11.6 Å². The number of anilines is 1. The molecule has 0 saturated carbocycles. The molecule has 1 amide bonds. The molecule has 27 heavy (non-hydrogen) atoms. The number of aryl methyl sites for hydroxylation is 2. The molecule has 0 spiro atoms. The number of carbonyl (C=O) groups is 1. The molecule has 0 radical (unpaired) electrons. The van der Waals surface area contributed by atoms with Crippen LogP contribution in [0.25, 0.3) is 11.2 Å². The van der Waals surface area contributed by atoms with Crippen LogP contribution >= 0.6 is 0 Å². The van der Waals surface area contributed by atoms with Crippen LogP contribution in [-0.4, -0.2) is 40.5 Å². The Morgan fingerprint density at radius 3 is 2.70 bits per heavy atom. The van der Waals surface area contributed by atoms with Crippen molar-refractivity contribution in [3.8, 4) is 0 Å². The van der Waals surface area contributed by atoms with Crippen molar-refractivity contribution in [3.63, 3.8) is 0 Å². The maximum absolute atomic E-state index is 12.5. The summed E-state index contributed by atoms with van der Waals surface area (Å²) in [6, 6.07) is 2.07. The number of nitrogens with zero attached hydrogens (tertiary/aromatic N) is 4. The Labute approximate surface area is 161 Å². The molecular weight excluding hydrogens is 338 g/mol. The van der Waals surface area contributed by atoms with Gasteiger partial charge in [0.15, 0.2) is 5.65 Å². The molecule has 1 N–H and O–H groups in total. The highest BCUT2D eigenvalue weighted by molar-refractivity contribution is 5.80. The highest BCUT2D eigenvalue weighted by Crippen LogP contribution is 2.25. The molecule has 0 bridgehead atoms. The minimum Gasteiger partial charge on any atom is -0.369 e. The van der Waals surface area contributed by atoms with Gasteiger partial charge < -0.3 is 10.2 Å². The van der Waals surface area contributed by atoms with Crippen molar-refractivity contribution < 1.29 is 4.79 Å². The molecule has 3 heterocycles. The number of hydrogen-bond acceptors (Lipinski definition) is 5. The van der Waals surface area contributed by atoms with Gasteiger partial charge in [0.2, 0.25) is 5.91 Å². The summed E-state index contributed by atoms with van der Waals surface area (Å²) in [6.45, 7) is 10.9. The van der Waals surface area contributed by atoms with Crippen molar-refractivity contribution in [2.24, 2.45) is 11.8 Å². The number of nitrogens with one attached hydrogen (secondary N) is 1. The average Bonchev–Trinajstić information content (AvgIpc) is 2.70. The van der Waals surface area contributed by atoms with Crippen LogP contribution in [0.15, 0.2) is 12.3 Å². The van der Waals surface area contributed by atoms with Crippen molar-refractivity contribution in [2.75, 3.05) is 24.5 Å². The number of aromatic nitrogens is 3. The summed E-state index contributed by atoms with van der Waals surface area (Å²) >= 11 is 0. The van der Waals surface area contributed by atoms with E-state index in [4.69, 9.17) is 4.98 Å². The molecule has 3 rings (SSSR count). The predicted molar refractivity (Wildman–Crippen MR) is 109 cm³/mol. The number of fused-ring (bicyclic) bond motifs is 1. The summed E-state index contributed by atoms with van der Waals surface area (Å²) in [5.74, 6) is 0.674. The summed E-state index contributed by atoms with van der Waals surface area (Å²) in [6.07, 6.45) is 5.57. The van der Waals surface area contributed by atoms with Gasteiger partial charge in [0, 0.05) is 19.6 Å². The largest absolute Gasteiger partial charge is 0.369 e. The minimum absolute atomic E-state index is 0.0351. The fourth-order valence-electron chi connectivity index (χ4n) is 3.62. The lowest BCUT2D eigenvalue weighted by molar-refractivity contribution is -0.125. The van der Waals surface area contributed by atoms with E-state index in [2.05, 4.69) is 53.9 Å². The lowest BCUT2D eigenvalue weighted by atomic mass is 9.96. The smallest absolute Gasteiger partial charge is 0.224 e. The molecule has 6 nitrogen and oxygen atoms in total. The van der Waals surface area contributed by atoms with Crippen molar-refractivity contribution in [2.45, 2.75) is 53.4 Å². The zero-order valence-corrected chi connectivity index (χ0v) is 17.0. The Balaban J connectivity index is 1.78.